The zero-order chi connectivity index (χ0) is 16.9. The molecule has 1 N–H and O–H groups in total. The molecule has 0 unspecified atom stereocenters. The SMILES string of the molecule is Cc1cc(Br)ccc1NC(=O)C(c1ccccc1)c1ccccc1. The van der Waals surface area contributed by atoms with Gasteiger partial charge in [-0.25, -0.2) is 0 Å². The van der Waals surface area contributed by atoms with Crippen molar-refractivity contribution in [3.8, 4) is 0 Å². The largest absolute Gasteiger partial charge is 0.325 e. The molecule has 0 aliphatic heterocycles. The van der Waals surface area contributed by atoms with Crippen molar-refractivity contribution in [2.75, 3.05) is 5.32 Å². The van der Waals surface area contributed by atoms with E-state index in [1.807, 2.05) is 85.8 Å². The van der Waals surface area contributed by atoms with Crippen LogP contribution in [0, 0.1) is 6.92 Å². The first-order valence-corrected chi connectivity index (χ1v) is 8.61. The van der Waals surface area contributed by atoms with Crippen molar-refractivity contribution < 1.29 is 4.79 Å². The molecule has 0 atom stereocenters. The molecule has 0 bridgehead atoms. The Labute approximate surface area is 150 Å². The Morgan fingerprint density at radius 3 is 1.92 bits per heavy atom. The second kappa shape index (κ2) is 7.45. The van der Waals surface area contributed by atoms with Crippen molar-refractivity contribution in [2.45, 2.75) is 12.8 Å². The number of aryl methyl sites for hydroxylation is 1. The summed E-state index contributed by atoms with van der Waals surface area (Å²) in [5.74, 6) is -0.367. The van der Waals surface area contributed by atoms with Crippen molar-refractivity contribution in [2.24, 2.45) is 0 Å². The van der Waals surface area contributed by atoms with Gasteiger partial charge in [-0.2, -0.15) is 0 Å². The highest BCUT2D eigenvalue weighted by Crippen LogP contribution is 2.27. The molecule has 2 nitrogen and oxygen atoms in total. The van der Waals surface area contributed by atoms with Gasteiger partial charge in [0, 0.05) is 10.2 Å². The standard InChI is InChI=1S/C21H18BrNO/c1-15-14-18(22)12-13-19(15)23-21(24)20(16-8-4-2-5-9-16)17-10-6-3-7-11-17/h2-14,20H,1H3,(H,23,24). The van der Waals surface area contributed by atoms with Crippen molar-refractivity contribution in [3.05, 3.63) is 100 Å². The van der Waals surface area contributed by atoms with Gasteiger partial charge in [0.25, 0.3) is 0 Å². The highest BCUT2D eigenvalue weighted by Gasteiger charge is 2.22. The van der Waals surface area contributed by atoms with Crippen LogP contribution < -0.4 is 5.32 Å². The summed E-state index contributed by atoms with van der Waals surface area (Å²) in [5, 5.41) is 3.07. The lowest BCUT2D eigenvalue weighted by atomic mass is 9.90. The first-order chi connectivity index (χ1) is 11.6. The average molecular weight is 380 g/mol. The van der Waals surface area contributed by atoms with Crippen LogP contribution in [0.2, 0.25) is 0 Å². The van der Waals surface area contributed by atoms with Crippen LogP contribution in [0.5, 0.6) is 0 Å². The lowest BCUT2D eigenvalue weighted by Gasteiger charge is -2.19. The van der Waals surface area contributed by atoms with Crippen LogP contribution in [0.25, 0.3) is 0 Å². The first kappa shape index (κ1) is 16.5. The van der Waals surface area contributed by atoms with E-state index in [1.54, 1.807) is 0 Å². The van der Waals surface area contributed by atoms with Gasteiger partial charge in [0.1, 0.15) is 0 Å². The van der Waals surface area contributed by atoms with Crippen LogP contribution >= 0.6 is 15.9 Å². The third-order valence-corrected chi connectivity index (χ3v) is 4.47. The predicted octanol–water partition coefficient (Wildman–Crippen LogP) is 5.53. The number of hydrogen-bond donors (Lipinski definition) is 1. The number of anilines is 1. The topological polar surface area (TPSA) is 29.1 Å². The zero-order valence-corrected chi connectivity index (χ0v) is 15.0. The molecule has 0 aliphatic carbocycles. The fraction of sp³-hybridized carbons (Fsp3) is 0.0952. The number of halogens is 1. The summed E-state index contributed by atoms with van der Waals surface area (Å²) in [5.41, 5.74) is 3.82. The Balaban J connectivity index is 1.95. The van der Waals surface area contributed by atoms with Gasteiger partial charge in [0.2, 0.25) is 5.91 Å². The quantitative estimate of drug-likeness (QED) is 0.634. The van der Waals surface area contributed by atoms with E-state index in [0.717, 1.165) is 26.9 Å². The highest BCUT2D eigenvalue weighted by molar-refractivity contribution is 9.10. The molecule has 0 saturated heterocycles. The van der Waals surface area contributed by atoms with Gasteiger partial charge in [-0.1, -0.05) is 76.6 Å². The second-order valence-corrected chi connectivity index (χ2v) is 6.62. The average Bonchev–Trinajstić information content (AvgIpc) is 2.60. The summed E-state index contributed by atoms with van der Waals surface area (Å²) in [6, 6.07) is 25.6. The van der Waals surface area contributed by atoms with Crippen LogP contribution in [0.1, 0.15) is 22.6 Å². The van der Waals surface area contributed by atoms with Gasteiger partial charge >= 0.3 is 0 Å². The zero-order valence-electron chi connectivity index (χ0n) is 13.4. The molecule has 120 valence electrons. The summed E-state index contributed by atoms with van der Waals surface area (Å²) >= 11 is 3.45. The molecular formula is C21H18BrNO. The monoisotopic (exact) mass is 379 g/mol. The van der Waals surface area contributed by atoms with Crippen molar-refractivity contribution in [1.82, 2.24) is 0 Å². The third-order valence-electron chi connectivity index (χ3n) is 3.97. The van der Waals surface area contributed by atoms with Gasteiger partial charge in [0.05, 0.1) is 5.92 Å². The van der Waals surface area contributed by atoms with Crippen molar-refractivity contribution in [3.63, 3.8) is 0 Å². The Hall–Kier alpha value is -2.39. The molecule has 3 aromatic rings. The number of amides is 1. The summed E-state index contributed by atoms with van der Waals surface area (Å²) in [7, 11) is 0. The maximum absolute atomic E-state index is 13.0. The Bertz CT molecular complexity index is 791. The van der Waals surface area contributed by atoms with Crippen molar-refractivity contribution >= 4 is 27.5 Å². The number of rotatable bonds is 4. The molecule has 0 radical (unpaired) electrons. The van der Waals surface area contributed by atoms with Gasteiger partial charge in [-0.3, -0.25) is 4.79 Å². The molecule has 0 heterocycles. The third kappa shape index (κ3) is 3.74. The maximum Gasteiger partial charge on any atom is 0.236 e. The second-order valence-electron chi connectivity index (χ2n) is 5.70. The Morgan fingerprint density at radius 1 is 0.875 bits per heavy atom. The summed E-state index contributed by atoms with van der Waals surface area (Å²) in [6.45, 7) is 1.99. The normalized spacial score (nSPS) is 10.6. The van der Waals surface area contributed by atoms with E-state index in [1.165, 1.54) is 0 Å². The molecule has 3 aromatic carbocycles. The van der Waals surface area contributed by atoms with Crippen LogP contribution in [0.15, 0.2) is 83.3 Å². The van der Waals surface area contributed by atoms with E-state index >= 15 is 0 Å². The number of hydrogen-bond acceptors (Lipinski definition) is 1. The van der Waals surface area contributed by atoms with Gasteiger partial charge in [-0.05, 0) is 41.8 Å². The number of carbonyl (C=O) groups excluding carboxylic acids is 1. The fourth-order valence-corrected chi connectivity index (χ4v) is 3.23. The van der Waals surface area contributed by atoms with Crippen LogP contribution in [-0.2, 0) is 4.79 Å². The maximum atomic E-state index is 13.0. The minimum absolute atomic E-state index is 0.0298. The minimum atomic E-state index is -0.338. The van der Waals surface area contributed by atoms with E-state index in [2.05, 4.69) is 21.2 Å². The lowest BCUT2D eigenvalue weighted by Crippen LogP contribution is -2.22. The molecular weight excluding hydrogens is 362 g/mol. The van der Waals surface area contributed by atoms with Crippen LogP contribution in [0.4, 0.5) is 5.69 Å². The molecule has 24 heavy (non-hydrogen) atoms. The van der Waals surface area contributed by atoms with Crippen LogP contribution in [0.3, 0.4) is 0 Å². The van der Waals surface area contributed by atoms with E-state index < -0.39 is 0 Å². The predicted molar refractivity (Wildman–Crippen MR) is 102 cm³/mol. The van der Waals surface area contributed by atoms with E-state index in [0.29, 0.717) is 0 Å². The number of carbonyl (C=O) groups is 1. The van der Waals surface area contributed by atoms with Gasteiger partial charge in [-0.15, -0.1) is 0 Å². The molecule has 3 heteroatoms. The van der Waals surface area contributed by atoms with Gasteiger partial charge in [0.15, 0.2) is 0 Å². The van der Waals surface area contributed by atoms with Gasteiger partial charge < -0.3 is 5.32 Å². The fourth-order valence-electron chi connectivity index (χ4n) is 2.76. The Kier molecular flexibility index (Phi) is 5.11. The summed E-state index contributed by atoms with van der Waals surface area (Å²) < 4.78 is 1.00. The molecule has 0 saturated carbocycles. The molecule has 3 rings (SSSR count). The smallest absolute Gasteiger partial charge is 0.236 e. The summed E-state index contributed by atoms with van der Waals surface area (Å²) in [4.78, 5) is 13.0. The molecule has 0 fully saturated rings. The molecule has 0 aliphatic rings. The van der Waals surface area contributed by atoms with E-state index in [4.69, 9.17) is 0 Å². The van der Waals surface area contributed by atoms with E-state index in [-0.39, 0.29) is 11.8 Å². The van der Waals surface area contributed by atoms with E-state index in [9.17, 15) is 4.79 Å². The molecule has 1 amide bonds. The Morgan fingerprint density at radius 2 is 1.42 bits per heavy atom. The molecule has 0 spiro atoms. The lowest BCUT2D eigenvalue weighted by molar-refractivity contribution is -0.116. The number of benzene rings is 3. The van der Waals surface area contributed by atoms with Crippen molar-refractivity contribution in [1.29, 1.82) is 0 Å². The summed E-state index contributed by atoms with van der Waals surface area (Å²) in [6.07, 6.45) is 0. The van der Waals surface area contributed by atoms with Crippen LogP contribution in [-0.4, -0.2) is 5.91 Å². The first-order valence-electron chi connectivity index (χ1n) is 7.82. The highest BCUT2D eigenvalue weighted by atomic mass is 79.9. The molecule has 0 aromatic heterocycles. The minimum Gasteiger partial charge on any atom is -0.325 e. The number of nitrogens with one attached hydrogen (secondary N) is 1.